The van der Waals surface area contributed by atoms with Crippen LogP contribution in [-0.4, -0.2) is 24.5 Å². The number of anilines is 2. The molecule has 5 nitrogen and oxygen atoms in total. The summed E-state index contributed by atoms with van der Waals surface area (Å²) in [5, 5.41) is 5.73. The fourth-order valence-corrected chi connectivity index (χ4v) is 2.70. The third-order valence-corrected chi connectivity index (χ3v) is 4.08. The van der Waals surface area contributed by atoms with Crippen LogP contribution in [-0.2, 0) is 6.42 Å². The van der Waals surface area contributed by atoms with Crippen LogP contribution in [0.1, 0.15) is 15.9 Å². The molecule has 0 bridgehead atoms. The number of para-hydroxylation sites is 1. The highest BCUT2D eigenvalue weighted by molar-refractivity contribution is 5.94. The summed E-state index contributed by atoms with van der Waals surface area (Å²) in [5.41, 5.74) is 2.20. The molecule has 3 aromatic rings. The van der Waals surface area contributed by atoms with Crippen LogP contribution >= 0.6 is 0 Å². The lowest BCUT2D eigenvalue weighted by Gasteiger charge is -2.10. The maximum absolute atomic E-state index is 13.3. The predicted molar refractivity (Wildman–Crippen MR) is 103 cm³/mol. The van der Waals surface area contributed by atoms with Crippen LogP contribution in [0.3, 0.4) is 0 Å². The van der Waals surface area contributed by atoms with Gasteiger partial charge in [-0.05, 0) is 36.2 Å². The number of benzene rings is 2. The van der Waals surface area contributed by atoms with Crippen molar-refractivity contribution in [2.75, 3.05) is 19.0 Å². The number of hydrogen-bond acceptors (Lipinski definition) is 4. The maximum atomic E-state index is 13.3. The third-order valence-electron chi connectivity index (χ3n) is 4.08. The van der Waals surface area contributed by atoms with E-state index in [2.05, 4.69) is 15.6 Å². The van der Waals surface area contributed by atoms with Crippen molar-refractivity contribution in [3.63, 3.8) is 0 Å². The van der Waals surface area contributed by atoms with Gasteiger partial charge in [-0.3, -0.25) is 9.78 Å². The molecule has 0 saturated carbocycles. The van der Waals surface area contributed by atoms with E-state index in [1.54, 1.807) is 13.2 Å². The summed E-state index contributed by atoms with van der Waals surface area (Å²) >= 11 is 0. The molecule has 0 saturated heterocycles. The van der Waals surface area contributed by atoms with Gasteiger partial charge in [0.05, 0.1) is 24.6 Å². The zero-order chi connectivity index (χ0) is 19.9. The Labute approximate surface area is 161 Å². The van der Waals surface area contributed by atoms with Gasteiger partial charge in [0, 0.05) is 24.5 Å². The second-order valence-corrected chi connectivity index (χ2v) is 6.03. The minimum atomic E-state index is -0.955. The summed E-state index contributed by atoms with van der Waals surface area (Å²) in [6.07, 6.45) is 3.55. The highest BCUT2D eigenvalue weighted by Crippen LogP contribution is 2.20. The van der Waals surface area contributed by atoms with Crippen molar-refractivity contribution in [2.45, 2.75) is 6.42 Å². The van der Waals surface area contributed by atoms with Crippen LogP contribution in [0.4, 0.5) is 20.2 Å². The lowest BCUT2D eigenvalue weighted by atomic mass is 10.1. The minimum Gasteiger partial charge on any atom is -0.496 e. The number of aromatic nitrogens is 1. The number of rotatable bonds is 7. The van der Waals surface area contributed by atoms with Crippen LogP contribution in [0.15, 0.2) is 60.9 Å². The zero-order valence-corrected chi connectivity index (χ0v) is 15.2. The van der Waals surface area contributed by atoms with E-state index in [0.29, 0.717) is 29.9 Å². The van der Waals surface area contributed by atoms with E-state index >= 15 is 0 Å². The first-order valence-corrected chi connectivity index (χ1v) is 8.64. The molecule has 3 rings (SSSR count). The summed E-state index contributed by atoms with van der Waals surface area (Å²) in [7, 11) is 1.61. The summed E-state index contributed by atoms with van der Waals surface area (Å²) in [6, 6.07) is 12.7. The van der Waals surface area contributed by atoms with Gasteiger partial charge in [-0.1, -0.05) is 18.2 Å². The van der Waals surface area contributed by atoms with Crippen molar-refractivity contribution in [2.24, 2.45) is 0 Å². The van der Waals surface area contributed by atoms with Crippen molar-refractivity contribution in [1.82, 2.24) is 10.3 Å². The second kappa shape index (κ2) is 8.94. The molecule has 0 fully saturated rings. The van der Waals surface area contributed by atoms with E-state index in [1.807, 2.05) is 24.3 Å². The number of halogens is 2. The van der Waals surface area contributed by atoms with Crippen molar-refractivity contribution < 1.29 is 18.3 Å². The monoisotopic (exact) mass is 383 g/mol. The van der Waals surface area contributed by atoms with E-state index in [1.165, 1.54) is 18.5 Å². The van der Waals surface area contributed by atoms with Gasteiger partial charge in [0.1, 0.15) is 5.75 Å². The van der Waals surface area contributed by atoms with E-state index in [9.17, 15) is 13.6 Å². The molecule has 0 aliphatic carbocycles. The predicted octanol–water partition coefficient (Wildman–Crippen LogP) is 4.08. The molecule has 0 radical (unpaired) electrons. The Bertz CT molecular complexity index is 979. The van der Waals surface area contributed by atoms with E-state index in [0.717, 1.165) is 23.4 Å². The van der Waals surface area contributed by atoms with Gasteiger partial charge in [0.2, 0.25) is 0 Å². The average Bonchev–Trinajstić information content (AvgIpc) is 2.71. The molecule has 0 aliphatic rings. The molecule has 0 spiro atoms. The lowest BCUT2D eigenvalue weighted by Crippen LogP contribution is -2.26. The van der Waals surface area contributed by atoms with Crippen molar-refractivity contribution in [3.8, 4) is 5.75 Å². The zero-order valence-electron chi connectivity index (χ0n) is 15.2. The first kappa shape index (κ1) is 19.3. The Hall–Kier alpha value is -3.48. The summed E-state index contributed by atoms with van der Waals surface area (Å²) < 4.78 is 31.6. The standard InChI is InChI=1S/C21H19F2N3O2/c1-28-20-5-3-2-4-14(20)8-9-25-21(27)15-10-17(13-24-12-15)26-16-6-7-18(22)19(23)11-16/h2-7,10-13,26H,8-9H2,1H3,(H,25,27). The number of ether oxygens (including phenoxy) is 1. The molecule has 2 N–H and O–H groups in total. The van der Waals surface area contributed by atoms with Crippen LogP contribution in [0.5, 0.6) is 5.75 Å². The van der Waals surface area contributed by atoms with E-state index in [-0.39, 0.29) is 5.91 Å². The largest absolute Gasteiger partial charge is 0.496 e. The Morgan fingerprint density at radius 1 is 1.04 bits per heavy atom. The Morgan fingerprint density at radius 2 is 1.86 bits per heavy atom. The molecule has 28 heavy (non-hydrogen) atoms. The van der Waals surface area contributed by atoms with Crippen molar-refractivity contribution >= 4 is 17.3 Å². The van der Waals surface area contributed by atoms with Crippen molar-refractivity contribution in [1.29, 1.82) is 0 Å². The lowest BCUT2D eigenvalue weighted by molar-refractivity contribution is 0.0953. The molecule has 0 atom stereocenters. The topological polar surface area (TPSA) is 63.2 Å². The van der Waals surface area contributed by atoms with E-state index < -0.39 is 11.6 Å². The Morgan fingerprint density at radius 3 is 2.64 bits per heavy atom. The number of methoxy groups -OCH3 is 1. The third kappa shape index (κ3) is 4.82. The van der Waals surface area contributed by atoms with Gasteiger partial charge in [0.15, 0.2) is 11.6 Å². The number of carbonyl (C=O) groups is 1. The van der Waals surface area contributed by atoms with Gasteiger partial charge in [-0.25, -0.2) is 8.78 Å². The fraction of sp³-hybridized carbons (Fsp3) is 0.143. The van der Waals surface area contributed by atoms with Crippen LogP contribution in [0, 0.1) is 11.6 Å². The van der Waals surface area contributed by atoms with Gasteiger partial charge in [-0.2, -0.15) is 0 Å². The molecule has 1 heterocycles. The Kier molecular flexibility index (Phi) is 6.16. The summed E-state index contributed by atoms with van der Waals surface area (Å²) in [4.78, 5) is 16.4. The molecule has 1 aromatic heterocycles. The smallest absolute Gasteiger partial charge is 0.252 e. The van der Waals surface area contributed by atoms with E-state index in [4.69, 9.17) is 4.74 Å². The number of hydrogen-bond donors (Lipinski definition) is 2. The molecular weight excluding hydrogens is 364 g/mol. The van der Waals surface area contributed by atoms with Crippen LogP contribution < -0.4 is 15.4 Å². The number of amides is 1. The molecular formula is C21H19F2N3O2. The summed E-state index contributed by atoms with van der Waals surface area (Å²) in [6.45, 7) is 0.431. The first-order valence-electron chi connectivity index (χ1n) is 8.64. The highest BCUT2D eigenvalue weighted by atomic mass is 19.2. The molecule has 0 aliphatic heterocycles. The highest BCUT2D eigenvalue weighted by Gasteiger charge is 2.09. The summed E-state index contributed by atoms with van der Waals surface area (Å²) in [5.74, 6) is -1.39. The van der Waals surface area contributed by atoms with Gasteiger partial charge in [0.25, 0.3) is 5.91 Å². The number of nitrogens with one attached hydrogen (secondary N) is 2. The van der Waals surface area contributed by atoms with Gasteiger partial charge >= 0.3 is 0 Å². The number of pyridine rings is 1. The second-order valence-electron chi connectivity index (χ2n) is 6.03. The van der Waals surface area contributed by atoms with Crippen molar-refractivity contribution in [3.05, 3.63) is 83.7 Å². The normalized spacial score (nSPS) is 10.4. The van der Waals surface area contributed by atoms with Crippen LogP contribution in [0.25, 0.3) is 0 Å². The quantitative estimate of drug-likeness (QED) is 0.645. The fourth-order valence-electron chi connectivity index (χ4n) is 2.70. The Balaban J connectivity index is 1.61. The van der Waals surface area contributed by atoms with Gasteiger partial charge in [-0.15, -0.1) is 0 Å². The number of nitrogens with zero attached hydrogens (tertiary/aromatic N) is 1. The molecule has 144 valence electrons. The molecule has 1 amide bonds. The minimum absolute atomic E-state index is 0.281. The number of carbonyl (C=O) groups excluding carboxylic acids is 1. The average molecular weight is 383 g/mol. The van der Waals surface area contributed by atoms with Gasteiger partial charge < -0.3 is 15.4 Å². The van der Waals surface area contributed by atoms with Crippen LogP contribution in [0.2, 0.25) is 0 Å². The molecule has 7 heteroatoms. The maximum Gasteiger partial charge on any atom is 0.252 e. The molecule has 0 unspecified atom stereocenters. The molecule has 2 aromatic carbocycles. The first-order chi connectivity index (χ1) is 13.6. The SMILES string of the molecule is COc1ccccc1CCNC(=O)c1cncc(Nc2ccc(F)c(F)c2)c1.